The molecule has 0 aliphatic carbocycles. The molecular weight excluding hydrogens is 404 g/mol. The summed E-state index contributed by atoms with van der Waals surface area (Å²) in [5.41, 5.74) is 1.01. The topological polar surface area (TPSA) is 112 Å². The number of carbonyl (C=O) groups is 1. The number of carbonyl (C=O) groups excluding carboxylic acids is 1. The van der Waals surface area contributed by atoms with Gasteiger partial charge in [0.05, 0.1) is 16.1 Å². The molecule has 1 fully saturated rings. The van der Waals surface area contributed by atoms with Crippen LogP contribution in [0.15, 0.2) is 65.8 Å². The van der Waals surface area contributed by atoms with Crippen molar-refractivity contribution in [1.29, 1.82) is 0 Å². The standard InChI is InChI=1S/C21H20N4O4S/c26-19-9-8-17(30(28,29)25-10-4-5-11-25)12-18(19)24-21(27)16-13-22-20(23-14-16)15-6-2-1-3-7-15/h1-3,6-9,12-14,26H,4-5,10-11H2,(H,24,27). The van der Waals surface area contributed by atoms with Gasteiger partial charge in [-0.15, -0.1) is 0 Å². The Balaban J connectivity index is 1.54. The fourth-order valence-electron chi connectivity index (χ4n) is 3.23. The van der Waals surface area contributed by atoms with E-state index < -0.39 is 15.9 Å². The minimum Gasteiger partial charge on any atom is -0.506 e. The average Bonchev–Trinajstić information content (AvgIpc) is 3.32. The fourth-order valence-corrected chi connectivity index (χ4v) is 4.77. The minimum absolute atomic E-state index is 0.00686. The number of anilines is 1. The Bertz CT molecular complexity index is 1160. The van der Waals surface area contributed by atoms with Crippen LogP contribution in [-0.4, -0.2) is 46.8 Å². The number of sulfonamides is 1. The van der Waals surface area contributed by atoms with Crippen LogP contribution in [0.3, 0.4) is 0 Å². The summed E-state index contributed by atoms with van der Waals surface area (Å²) in [6.07, 6.45) is 4.40. The van der Waals surface area contributed by atoms with Gasteiger partial charge in [0.2, 0.25) is 10.0 Å². The lowest BCUT2D eigenvalue weighted by molar-refractivity contribution is 0.102. The van der Waals surface area contributed by atoms with E-state index in [1.54, 1.807) is 0 Å². The number of rotatable bonds is 5. The lowest BCUT2D eigenvalue weighted by Gasteiger charge is -2.16. The molecule has 1 saturated heterocycles. The first-order valence-corrected chi connectivity index (χ1v) is 10.9. The number of nitrogens with one attached hydrogen (secondary N) is 1. The highest BCUT2D eigenvalue weighted by molar-refractivity contribution is 7.89. The van der Waals surface area contributed by atoms with E-state index in [0.29, 0.717) is 18.9 Å². The van der Waals surface area contributed by atoms with Gasteiger partial charge in [0.1, 0.15) is 5.75 Å². The van der Waals surface area contributed by atoms with Gasteiger partial charge in [0.15, 0.2) is 5.82 Å². The lowest BCUT2D eigenvalue weighted by Crippen LogP contribution is -2.28. The molecule has 4 rings (SSSR count). The van der Waals surface area contributed by atoms with E-state index in [-0.39, 0.29) is 21.9 Å². The molecule has 1 amide bonds. The Morgan fingerprint density at radius 2 is 1.67 bits per heavy atom. The highest BCUT2D eigenvalue weighted by atomic mass is 32.2. The van der Waals surface area contributed by atoms with Crippen LogP contribution in [0.5, 0.6) is 5.75 Å². The fraction of sp³-hybridized carbons (Fsp3) is 0.190. The Hall–Kier alpha value is -3.30. The molecule has 0 saturated carbocycles. The zero-order chi connectivity index (χ0) is 21.1. The van der Waals surface area contributed by atoms with Crippen molar-refractivity contribution in [3.05, 3.63) is 66.5 Å². The van der Waals surface area contributed by atoms with Crippen LogP contribution in [-0.2, 0) is 10.0 Å². The number of amides is 1. The molecule has 1 aromatic heterocycles. The first-order chi connectivity index (χ1) is 14.4. The zero-order valence-corrected chi connectivity index (χ0v) is 16.8. The van der Waals surface area contributed by atoms with E-state index in [1.165, 1.54) is 34.9 Å². The molecule has 0 atom stereocenters. The van der Waals surface area contributed by atoms with Crippen molar-refractivity contribution in [2.24, 2.45) is 0 Å². The van der Waals surface area contributed by atoms with Gasteiger partial charge in [-0.1, -0.05) is 30.3 Å². The maximum Gasteiger partial charge on any atom is 0.258 e. The molecule has 8 nitrogen and oxygen atoms in total. The Morgan fingerprint density at radius 3 is 2.33 bits per heavy atom. The maximum atomic E-state index is 12.7. The number of phenolic OH excluding ortho intramolecular Hbond substituents is 1. The molecule has 9 heteroatoms. The SMILES string of the molecule is O=C(Nc1cc(S(=O)(=O)N2CCCC2)ccc1O)c1cnc(-c2ccccc2)nc1. The maximum absolute atomic E-state index is 12.7. The highest BCUT2D eigenvalue weighted by Gasteiger charge is 2.28. The summed E-state index contributed by atoms with van der Waals surface area (Å²) < 4.78 is 26.9. The zero-order valence-electron chi connectivity index (χ0n) is 16.0. The Labute approximate surface area is 174 Å². The van der Waals surface area contributed by atoms with Crippen molar-refractivity contribution in [2.45, 2.75) is 17.7 Å². The predicted octanol–water partition coefficient (Wildman–Crippen LogP) is 2.89. The summed E-state index contributed by atoms with van der Waals surface area (Å²) in [5, 5.41) is 12.6. The predicted molar refractivity (Wildman–Crippen MR) is 112 cm³/mol. The quantitative estimate of drug-likeness (QED) is 0.609. The summed E-state index contributed by atoms with van der Waals surface area (Å²) in [5.74, 6) is -0.306. The summed E-state index contributed by atoms with van der Waals surface area (Å²) in [6.45, 7) is 0.937. The largest absolute Gasteiger partial charge is 0.506 e. The van der Waals surface area contributed by atoms with Crippen molar-refractivity contribution in [1.82, 2.24) is 14.3 Å². The van der Waals surface area contributed by atoms with Crippen molar-refractivity contribution in [2.75, 3.05) is 18.4 Å². The molecule has 0 radical (unpaired) electrons. The van der Waals surface area contributed by atoms with Gasteiger partial charge in [-0.25, -0.2) is 18.4 Å². The van der Waals surface area contributed by atoms with Crippen LogP contribution >= 0.6 is 0 Å². The molecule has 30 heavy (non-hydrogen) atoms. The van der Waals surface area contributed by atoms with E-state index in [2.05, 4.69) is 15.3 Å². The van der Waals surface area contributed by atoms with Gasteiger partial charge in [-0.3, -0.25) is 4.79 Å². The lowest BCUT2D eigenvalue weighted by atomic mass is 10.2. The molecule has 2 heterocycles. The van der Waals surface area contributed by atoms with Crippen molar-refractivity contribution in [3.63, 3.8) is 0 Å². The number of phenols is 1. The summed E-state index contributed by atoms with van der Waals surface area (Å²) in [7, 11) is -3.67. The van der Waals surface area contributed by atoms with E-state index in [0.717, 1.165) is 18.4 Å². The summed E-state index contributed by atoms with van der Waals surface area (Å²) in [4.78, 5) is 21.0. The molecule has 3 aromatic rings. The number of aromatic nitrogens is 2. The minimum atomic E-state index is -3.67. The second-order valence-electron chi connectivity index (χ2n) is 6.91. The molecule has 0 unspecified atom stereocenters. The first-order valence-electron chi connectivity index (χ1n) is 9.47. The number of benzene rings is 2. The van der Waals surface area contributed by atoms with Crippen LogP contribution in [0.1, 0.15) is 23.2 Å². The van der Waals surface area contributed by atoms with Gasteiger partial charge in [-0.05, 0) is 31.0 Å². The third-order valence-electron chi connectivity index (χ3n) is 4.87. The van der Waals surface area contributed by atoms with E-state index >= 15 is 0 Å². The van der Waals surface area contributed by atoms with Gasteiger partial charge in [0, 0.05) is 31.0 Å². The first kappa shape index (κ1) is 20.0. The third kappa shape index (κ3) is 4.03. The van der Waals surface area contributed by atoms with Crippen molar-refractivity contribution < 1.29 is 18.3 Å². The van der Waals surface area contributed by atoms with E-state index in [4.69, 9.17) is 0 Å². The van der Waals surface area contributed by atoms with Crippen LogP contribution in [0.2, 0.25) is 0 Å². The van der Waals surface area contributed by atoms with Gasteiger partial charge >= 0.3 is 0 Å². The van der Waals surface area contributed by atoms with Gasteiger partial charge < -0.3 is 10.4 Å². The van der Waals surface area contributed by atoms with Crippen LogP contribution < -0.4 is 5.32 Å². The molecule has 1 aliphatic heterocycles. The summed E-state index contributed by atoms with van der Waals surface area (Å²) in [6, 6.07) is 13.2. The van der Waals surface area contributed by atoms with Crippen molar-refractivity contribution in [3.8, 4) is 17.1 Å². The molecule has 0 spiro atoms. The van der Waals surface area contributed by atoms with Crippen LogP contribution in [0.25, 0.3) is 11.4 Å². The normalized spacial score (nSPS) is 14.5. The smallest absolute Gasteiger partial charge is 0.258 e. The Morgan fingerprint density at radius 1 is 1.00 bits per heavy atom. The number of aromatic hydroxyl groups is 1. The van der Waals surface area contributed by atoms with Crippen LogP contribution in [0.4, 0.5) is 5.69 Å². The second kappa shape index (κ2) is 8.21. The monoisotopic (exact) mass is 424 g/mol. The number of hydrogen-bond donors (Lipinski definition) is 2. The highest BCUT2D eigenvalue weighted by Crippen LogP contribution is 2.29. The van der Waals surface area contributed by atoms with E-state index in [1.807, 2.05) is 30.3 Å². The third-order valence-corrected chi connectivity index (χ3v) is 6.76. The summed E-state index contributed by atoms with van der Waals surface area (Å²) >= 11 is 0. The molecular formula is C21H20N4O4S. The van der Waals surface area contributed by atoms with E-state index in [9.17, 15) is 18.3 Å². The number of hydrogen-bond acceptors (Lipinski definition) is 6. The molecule has 154 valence electrons. The second-order valence-corrected chi connectivity index (χ2v) is 8.84. The molecule has 1 aliphatic rings. The number of nitrogens with zero attached hydrogens (tertiary/aromatic N) is 3. The van der Waals surface area contributed by atoms with Gasteiger partial charge in [0.25, 0.3) is 5.91 Å². The molecule has 2 N–H and O–H groups in total. The van der Waals surface area contributed by atoms with Crippen molar-refractivity contribution >= 4 is 21.6 Å². The van der Waals surface area contributed by atoms with Crippen LogP contribution in [0, 0.1) is 0 Å². The average molecular weight is 424 g/mol. The van der Waals surface area contributed by atoms with Gasteiger partial charge in [-0.2, -0.15) is 4.31 Å². The molecule has 2 aromatic carbocycles. The Kier molecular flexibility index (Phi) is 5.47. The molecule has 0 bridgehead atoms.